The van der Waals surface area contributed by atoms with E-state index in [0.717, 1.165) is 37.3 Å². The highest BCUT2D eigenvalue weighted by atomic mass is 16.4. The second-order valence-corrected chi connectivity index (χ2v) is 5.42. The third-order valence-corrected chi connectivity index (χ3v) is 4.21. The van der Waals surface area contributed by atoms with Gasteiger partial charge >= 0.3 is 5.97 Å². The molecular weight excluding hydrogens is 266 g/mol. The zero-order valence-corrected chi connectivity index (χ0v) is 12.1. The van der Waals surface area contributed by atoms with Crippen LogP contribution in [0.4, 0.5) is 5.69 Å². The van der Waals surface area contributed by atoms with Crippen molar-refractivity contribution in [1.29, 1.82) is 0 Å². The zero-order chi connectivity index (χ0) is 14.8. The summed E-state index contributed by atoms with van der Waals surface area (Å²) in [4.78, 5) is 19.7. The molecule has 2 heterocycles. The van der Waals surface area contributed by atoms with Crippen LogP contribution in [0.1, 0.15) is 6.92 Å². The van der Waals surface area contributed by atoms with Gasteiger partial charge in [-0.15, -0.1) is 0 Å². The monoisotopic (exact) mass is 285 g/mol. The number of hydrogen-bond donors (Lipinski definition) is 1. The van der Waals surface area contributed by atoms with Crippen LogP contribution in [-0.2, 0) is 4.79 Å². The van der Waals surface area contributed by atoms with E-state index in [2.05, 4.69) is 22.0 Å². The Labute approximate surface area is 123 Å². The van der Waals surface area contributed by atoms with Gasteiger partial charge in [0.25, 0.3) is 0 Å². The van der Waals surface area contributed by atoms with Crippen molar-refractivity contribution in [3.05, 3.63) is 36.7 Å². The van der Waals surface area contributed by atoms with E-state index in [0.29, 0.717) is 0 Å². The first kappa shape index (κ1) is 13.8. The van der Waals surface area contributed by atoms with E-state index < -0.39 is 12.0 Å². The molecule has 1 aromatic heterocycles. The van der Waals surface area contributed by atoms with Crippen molar-refractivity contribution in [3.8, 4) is 0 Å². The number of aromatic nitrogens is 1. The van der Waals surface area contributed by atoms with Crippen LogP contribution in [0.5, 0.6) is 0 Å². The summed E-state index contributed by atoms with van der Waals surface area (Å²) >= 11 is 0. The van der Waals surface area contributed by atoms with Crippen LogP contribution in [0.15, 0.2) is 36.7 Å². The minimum absolute atomic E-state index is 0.419. The molecule has 1 aliphatic heterocycles. The van der Waals surface area contributed by atoms with E-state index in [1.165, 1.54) is 5.39 Å². The lowest BCUT2D eigenvalue weighted by atomic mass is 10.1. The lowest BCUT2D eigenvalue weighted by Gasteiger charge is -2.38. The average Bonchev–Trinajstić information content (AvgIpc) is 2.53. The van der Waals surface area contributed by atoms with Crippen molar-refractivity contribution >= 4 is 22.4 Å². The summed E-state index contributed by atoms with van der Waals surface area (Å²) in [5.74, 6) is -0.754. The standard InChI is InChI=1S/C16H19N3O2/c1-12(16(20)21)18-6-8-19(9-7-18)15-11-17-10-13-4-2-3-5-14(13)15/h2-5,10-12H,6-9H2,1H3,(H,20,21). The summed E-state index contributed by atoms with van der Waals surface area (Å²) in [6.07, 6.45) is 3.78. The molecule has 1 saturated heterocycles. The molecule has 0 aliphatic carbocycles. The highest BCUT2D eigenvalue weighted by molar-refractivity contribution is 5.93. The molecule has 110 valence electrons. The number of fused-ring (bicyclic) bond motifs is 1. The fraction of sp³-hybridized carbons (Fsp3) is 0.375. The van der Waals surface area contributed by atoms with Crippen LogP contribution < -0.4 is 4.90 Å². The Morgan fingerprint density at radius 1 is 1.19 bits per heavy atom. The number of carboxylic acid groups (broad SMARTS) is 1. The smallest absolute Gasteiger partial charge is 0.320 e. The number of nitrogens with zero attached hydrogens (tertiary/aromatic N) is 3. The van der Waals surface area contributed by atoms with E-state index in [1.807, 2.05) is 29.4 Å². The zero-order valence-electron chi connectivity index (χ0n) is 12.1. The Morgan fingerprint density at radius 2 is 1.90 bits per heavy atom. The van der Waals surface area contributed by atoms with Crippen LogP contribution >= 0.6 is 0 Å². The maximum Gasteiger partial charge on any atom is 0.320 e. The van der Waals surface area contributed by atoms with Gasteiger partial charge in [-0.25, -0.2) is 0 Å². The number of carboxylic acids is 1. The molecule has 1 N–H and O–H groups in total. The van der Waals surface area contributed by atoms with E-state index in [4.69, 9.17) is 5.11 Å². The summed E-state index contributed by atoms with van der Waals surface area (Å²) in [5, 5.41) is 11.4. The number of carbonyl (C=O) groups is 1. The normalized spacial score (nSPS) is 17.9. The summed E-state index contributed by atoms with van der Waals surface area (Å²) in [6, 6.07) is 7.81. The van der Waals surface area contributed by atoms with Gasteiger partial charge < -0.3 is 10.0 Å². The maximum atomic E-state index is 11.1. The van der Waals surface area contributed by atoms with Crippen LogP contribution in [0.2, 0.25) is 0 Å². The van der Waals surface area contributed by atoms with Crippen LogP contribution in [-0.4, -0.2) is 53.2 Å². The van der Waals surface area contributed by atoms with Gasteiger partial charge in [0.2, 0.25) is 0 Å². The summed E-state index contributed by atoms with van der Waals surface area (Å²) < 4.78 is 0. The van der Waals surface area contributed by atoms with Gasteiger partial charge in [-0.3, -0.25) is 14.7 Å². The molecule has 0 radical (unpaired) electrons. The number of benzene rings is 1. The Hall–Kier alpha value is -2.14. The SMILES string of the molecule is CC(C(=O)O)N1CCN(c2cncc3ccccc23)CC1. The van der Waals surface area contributed by atoms with Crippen molar-refractivity contribution in [2.75, 3.05) is 31.1 Å². The molecule has 3 rings (SSSR count). The highest BCUT2D eigenvalue weighted by Crippen LogP contribution is 2.26. The molecule has 21 heavy (non-hydrogen) atoms. The maximum absolute atomic E-state index is 11.1. The number of anilines is 1. The summed E-state index contributed by atoms with van der Waals surface area (Å²) in [6.45, 7) is 4.92. The Morgan fingerprint density at radius 3 is 2.62 bits per heavy atom. The molecule has 5 nitrogen and oxygen atoms in total. The third-order valence-electron chi connectivity index (χ3n) is 4.21. The number of hydrogen-bond acceptors (Lipinski definition) is 4. The van der Waals surface area contributed by atoms with Crippen LogP contribution in [0.25, 0.3) is 10.8 Å². The molecule has 0 bridgehead atoms. The van der Waals surface area contributed by atoms with Gasteiger partial charge in [-0.05, 0) is 6.92 Å². The quantitative estimate of drug-likeness (QED) is 0.932. The molecule has 5 heteroatoms. The van der Waals surface area contributed by atoms with E-state index in [-0.39, 0.29) is 0 Å². The molecule has 1 atom stereocenters. The number of aliphatic carboxylic acids is 1. The summed E-state index contributed by atoms with van der Waals surface area (Å²) in [5.41, 5.74) is 1.13. The first-order valence-electron chi connectivity index (χ1n) is 7.21. The third kappa shape index (κ3) is 2.69. The van der Waals surface area contributed by atoms with Crippen LogP contribution in [0.3, 0.4) is 0 Å². The van der Waals surface area contributed by atoms with E-state index in [9.17, 15) is 4.79 Å². The Balaban J connectivity index is 1.79. The molecule has 1 aromatic carbocycles. The Kier molecular flexibility index (Phi) is 3.75. The largest absolute Gasteiger partial charge is 0.480 e. The number of piperazine rings is 1. The van der Waals surface area contributed by atoms with Crippen molar-refractivity contribution < 1.29 is 9.90 Å². The fourth-order valence-electron chi connectivity index (χ4n) is 2.86. The van der Waals surface area contributed by atoms with Gasteiger partial charge in [0.05, 0.1) is 11.9 Å². The van der Waals surface area contributed by atoms with Crippen molar-refractivity contribution in [2.45, 2.75) is 13.0 Å². The topological polar surface area (TPSA) is 56.7 Å². The fourth-order valence-corrected chi connectivity index (χ4v) is 2.86. The molecular formula is C16H19N3O2. The molecule has 1 unspecified atom stereocenters. The van der Waals surface area contributed by atoms with Gasteiger partial charge in [0, 0.05) is 43.1 Å². The lowest BCUT2D eigenvalue weighted by Crippen LogP contribution is -2.51. The van der Waals surface area contributed by atoms with Crippen molar-refractivity contribution in [1.82, 2.24) is 9.88 Å². The number of pyridine rings is 1. The molecule has 2 aromatic rings. The first-order chi connectivity index (χ1) is 10.2. The van der Waals surface area contributed by atoms with Gasteiger partial charge in [-0.1, -0.05) is 24.3 Å². The predicted molar refractivity (Wildman–Crippen MR) is 82.6 cm³/mol. The minimum atomic E-state index is -0.754. The second kappa shape index (κ2) is 5.69. The predicted octanol–water partition coefficient (Wildman–Crippen LogP) is 1.83. The molecule has 0 saturated carbocycles. The molecule has 1 aliphatic rings. The van der Waals surface area contributed by atoms with Crippen LogP contribution in [0, 0.1) is 0 Å². The Bertz CT molecular complexity index is 646. The van der Waals surface area contributed by atoms with Crippen molar-refractivity contribution in [2.24, 2.45) is 0 Å². The lowest BCUT2D eigenvalue weighted by molar-refractivity contribution is -0.142. The van der Waals surface area contributed by atoms with Gasteiger partial charge in [-0.2, -0.15) is 0 Å². The van der Waals surface area contributed by atoms with E-state index in [1.54, 1.807) is 6.92 Å². The van der Waals surface area contributed by atoms with Crippen molar-refractivity contribution in [3.63, 3.8) is 0 Å². The average molecular weight is 285 g/mol. The summed E-state index contributed by atoms with van der Waals surface area (Å²) in [7, 11) is 0. The minimum Gasteiger partial charge on any atom is -0.480 e. The highest BCUT2D eigenvalue weighted by Gasteiger charge is 2.25. The first-order valence-corrected chi connectivity index (χ1v) is 7.21. The van der Waals surface area contributed by atoms with Gasteiger partial charge in [0.15, 0.2) is 0 Å². The molecule has 0 amide bonds. The molecule has 1 fully saturated rings. The molecule has 0 spiro atoms. The number of rotatable bonds is 3. The van der Waals surface area contributed by atoms with E-state index >= 15 is 0 Å². The second-order valence-electron chi connectivity index (χ2n) is 5.42. The van der Waals surface area contributed by atoms with Gasteiger partial charge in [0.1, 0.15) is 6.04 Å².